The molecule has 3 rings (SSSR count). The second kappa shape index (κ2) is 9.49. The second-order valence-corrected chi connectivity index (χ2v) is 8.69. The summed E-state index contributed by atoms with van der Waals surface area (Å²) in [4.78, 5) is 12.8. The van der Waals surface area contributed by atoms with E-state index >= 15 is 0 Å². The maximum atomic E-state index is 12.9. The molecule has 0 aliphatic heterocycles. The van der Waals surface area contributed by atoms with Gasteiger partial charge in [-0.2, -0.15) is 0 Å². The standard InChI is InChI=1S/C24H24N2O4S/c1-4-13-30-22-10-6-8-20(16-22)25-24(27)19-12-11-18(3)23(15-19)31(28,29)26-21-9-5-7-17(2)14-21/h4-12,14-16,26H,1,13H2,2-3H3,(H,25,27). The molecule has 7 heteroatoms. The van der Waals surface area contributed by atoms with E-state index < -0.39 is 15.9 Å². The van der Waals surface area contributed by atoms with E-state index in [-0.39, 0.29) is 10.5 Å². The summed E-state index contributed by atoms with van der Waals surface area (Å²) in [6.45, 7) is 7.52. The van der Waals surface area contributed by atoms with Crippen LogP contribution in [0.2, 0.25) is 0 Å². The van der Waals surface area contributed by atoms with Gasteiger partial charge in [0, 0.05) is 23.0 Å². The Bertz CT molecular complexity index is 1220. The van der Waals surface area contributed by atoms with Gasteiger partial charge in [-0.15, -0.1) is 0 Å². The fourth-order valence-electron chi connectivity index (χ4n) is 2.97. The van der Waals surface area contributed by atoms with E-state index in [1.807, 2.05) is 13.0 Å². The summed E-state index contributed by atoms with van der Waals surface area (Å²) in [6.07, 6.45) is 1.63. The molecule has 0 atom stereocenters. The Morgan fingerprint density at radius 2 is 1.74 bits per heavy atom. The third-order valence-corrected chi connectivity index (χ3v) is 5.99. The summed E-state index contributed by atoms with van der Waals surface area (Å²) in [5.41, 5.74) is 2.70. The van der Waals surface area contributed by atoms with Crippen molar-refractivity contribution in [2.45, 2.75) is 18.7 Å². The van der Waals surface area contributed by atoms with Crippen molar-refractivity contribution >= 4 is 27.3 Å². The normalized spacial score (nSPS) is 10.9. The molecule has 0 aromatic heterocycles. The lowest BCUT2D eigenvalue weighted by Gasteiger charge is -2.13. The molecule has 0 fully saturated rings. The summed E-state index contributed by atoms with van der Waals surface area (Å²) >= 11 is 0. The van der Waals surface area contributed by atoms with E-state index in [4.69, 9.17) is 4.74 Å². The van der Waals surface area contributed by atoms with Crippen LogP contribution >= 0.6 is 0 Å². The zero-order valence-corrected chi connectivity index (χ0v) is 18.2. The molecule has 3 aromatic rings. The average Bonchev–Trinajstić information content (AvgIpc) is 2.72. The van der Waals surface area contributed by atoms with Crippen LogP contribution in [0.15, 0.2) is 84.3 Å². The number of benzene rings is 3. The third-order valence-electron chi connectivity index (χ3n) is 4.47. The van der Waals surface area contributed by atoms with E-state index in [9.17, 15) is 13.2 Å². The lowest BCUT2D eigenvalue weighted by atomic mass is 10.1. The highest BCUT2D eigenvalue weighted by molar-refractivity contribution is 7.92. The highest BCUT2D eigenvalue weighted by atomic mass is 32.2. The molecule has 0 saturated heterocycles. The van der Waals surface area contributed by atoms with Crippen molar-refractivity contribution < 1.29 is 17.9 Å². The molecule has 0 heterocycles. The number of nitrogens with one attached hydrogen (secondary N) is 2. The SMILES string of the molecule is C=CCOc1cccc(NC(=O)c2ccc(C)c(S(=O)(=O)Nc3cccc(C)c3)c2)c1. The van der Waals surface area contributed by atoms with Crippen LogP contribution in [-0.2, 0) is 10.0 Å². The predicted molar refractivity (Wildman–Crippen MR) is 123 cm³/mol. The highest BCUT2D eigenvalue weighted by Gasteiger charge is 2.19. The molecule has 6 nitrogen and oxygen atoms in total. The predicted octanol–water partition coefficient (Wildman–Crippen LogP) is 4.92. The van der Waals surface area contributed by atoms with Crippen molar-refractivity contribution in [3.8, 4) is 5.75 Å². The zero-order chi connectivity index (χ0) is 22.4. The van der Waals surface area contributed by atoms with Gasteiger partial charge in [-0.05, 0) is 61.4 Å². The molecular formula is C24H24N2O4S. The molecule has 3 aromatic carbocycles. The average molecular weight is 437 g/mol. The monoisotopic (exact) mass is 436 g/mol. The fraction of sp³-hybridized carbons (Fsp3) is 0.125. The van der Waals surface area contributed by atoms with Gasteiger partial charge in [0.15, 0.2) is 0 Å². The molecular weight excluding hydrogens is 412 g/mol. The van der Waals surface area contributed by atoms with Crippen LogP contribution in [0.5, 0.6) is 5.75 Å². The smallest absolute Gasteiger partial charge is 0.262 e. The van der Waals surface area contributed by atoms with Gasteiger partial charge in [0.25, 0.3) is 15.9 Å². The Morgan fingerprint density at radius 3 is 2.48 bits per heavy atom. The zero-order valence-electron chi connectivity index (χ0n) is 17.4. The number of sulfonamides is 1. The third kappa shape index (κ3) is 5.73. The summed E-state index contributed by atoms with van der Waals surface area (Å²) in [5.74, 6) is 0.167. The van der Waals surface area contributed by atoms with Gasteiger partial charge >= 0.3 is 0 Å². The van der Waals surface area contributed by atoms with Crippen LogP contribution in [0.1, 0.15) is 21.5 Å². The molecule has 0 aliphatic rings. The van der Waals surface area contributed by atoms with Gasteiger partial charge in [0.05, 0.1) is 4.90 Å². The molecule has 0 unspecified atom stereocenters. The molecule has 0 aliphatic carbocycles. The van der Waals surface area contributed by atoms with Crippen LogP contribution in [-0.4, -0.2) is 20.9 Å². The highest BCUT2D eigenvalue weighted by Crippen LogP contribution is 2.23. The van der Waals surface area contributed by atoms with Gasteiger partial charge < -0.3 is 10.1 Å². The maximum Gasteiger partial charge on any atom is 0.262 e. The quantitative estimate of drug-likeness (QED) is 0.491. The number of ether oxygens (including phenoxy) is 1. The van der Waals surface area contributed by atoms with Crippen LogP contribution in [0.25, 0.3) is 0 Å². The van der Waals surface area contributed by atoms with E-state index in [2.05, 4.69) is 16.6 Å². The molecule has 2 N–H and O–H groups in total. The van der Waals surface area contributed by atoms with Gasteiger partial charge in [-0.25, -0.2) is 8.42 Å². The van der Waals surface area contributed by atoms with E-state index in [0.717, 1.165) is 5.56 Å². The lowest BCUT2D eigenvalue weighted by molar-refractivity contribution is 0.102. The van der Waals surface area contributed by atoms with E-state index in [1.54, 1.807) is 67.6 Å². The largest absolute Gasteiger partial charge is 0.489 e. The first-order valence-corrected chi connectivity index (χ1v) is 11.1. The first-order chi connectivity index (χ1) is 14.8. The van der Waals surface area contributed by atoms with Crippen LogP contribution < -0.4 is 14.8 Å². The summed E-state index contributed by atoms with van der Waals surface area (Å²) in [6, 6.07) is 18.6. The van der Waals surface area contributed by atoms with Gasteiger partial charge in [-0.1, -0.05) is 36.9 Å². The lowest BCUT2D eigenvalue weighted by Crippen LogP contribution is -2.17. The first kappa shape index (κ1) is 22.1. The number of rotatable bonds is 8. The summed E-state index contributed by atoms with van der Waals surface area (Å²) in [5, 5.41) is 2.77. The van der Waals surface area contributed by atoms with Crippen molar-refractivity contribution in [1.82, 2.24) is 0 Å². The van der Waals surface area contributed by atoms with Crippen molar-refractivity contribution in [1.29, 1.82) is 0 Å². The topological polar surface area (TPSA) is 84.5 Å². The second-order valence-electron chi connectivity index (χ2n) is 7.04. The minimum absolute atomic E-state index is 0.0460. The number of amides is 1. The van der Waals surface area contributed by atoms with Crippen LogP contribution in [0.4, 0.5) is 11.4 Å². The molecule has 0 bridgehead atoms. The van der Waals surface area contributed by atoms with Crippen molar-refractivity contribution in [2.75, 3.05) is 16.6 Å². The Labute approximate surface area is 182 Å². The Morgan fingerprint density at radius 1 is 1.00 bits per heavy atom. The summed E-state index contributed by atoms with van der Waals surface area (Å²) in [7, 11) is -3.87. The number of hydrogen-bond donors (Lipinski definition) is 2. The van der Waals surface area contributed by atoms with Gasteiger partial charge in [0.1, 0.15) is 12.4 Å². The summed E-state index contributed by atoms with van der Waals surface area (Å²) < 4.78 is 33.9. The minimum atomic E-state index is -3.87. The molecule has 160 valence electrons. The molecule has 31 heavy (non-hydrogen) atoms. The molecule has 0 radical (unpaired) electrons. The van der Waals surface area contributed by atoms with Crippen molar-refractivity contribution in [2.24, 2.45) is 0 Å². The van der Waals surface area contributed by atoms with Crippen LogP contribution in [0, 0.1) is 13.8 Å². The van der Waals surface area contributed by atoms with Crippen molar-refractivity contribution in [3.63, 3.8) is 0 Å². The number of carbonyl (C=O) groups excluding carboxylic acids is 1. The Balaban J connectivity index is 1.83. The maximum absolute atomic E-state index is 12.9. The fourth-order valence-corrected chi connectivity index (χ4v) is 4.29. The Hall–Kier alpha value is -3.58. The molecule has 0 spiro atoms. The number of anilines is 2. The number of aryl methyl sites for hydroxylation is 2. The Kier molecular flexibility index (Phi) is 6.77. The van der Waals surface area contributed by atoms with E-state index in [0.29, 0.717) is 29.3 Å². The molecule has 0 saturated carbocycles. The van der Waals surface area contributed by atoms with Crippen LogP contribution in [0.3, 0.4) is 0 Å². The van der Waals surface area contributed by atoms with E-state index in [1.165, 1.54) is 6.07 Å². The first-order valence-electron chi connectivity index (χ1n) is 9.64. The van der Waals surface area contributed by atoms with Gasteiger partial charge in [0.2, 0.25) is 0 Å². The van der Waals surface area contributed by atoms with Crippen molar-refractivity contribution in [3.05, 3.63) is 96.1 Å². The number of hydrogen-bond acceptors (Lipinski definition) is 4. The molecule has 1 amide bonds. The van der Waals surface area contributed by atoms with Gasteiger partial charge in [-0.3, -0.25) is 9.52 Å². The number of carbonyl (C=O) groups is 1. The minimum Gasteiger partial charge on any atom is -0.489 e.